The second kappa shape index (κ2) is 7.89. The summed E-state index contributed by atoms with van der Waals surface area (Å²) in [5, 5.41) is 12.8. The third-order valence-corrected chi connectivity index (χ3v) is 2.73. The number of amides is 1. The van der Waals surface area contributed by atoms with E-state index in [0.29, 0.717) is 6.42 Å². The molecule has 0 aliphatic rings. The van der Waals surface area contributed by atoms with Crippen molar-refractivity contribution in [3.8, 4) is 0 Å². The van der Waals surface area contributed by atoms with Gasteiger partial charge in [0.25, 0.3) is 0 Å². The van der Waals surface area contributed by atoms with E-state index in [1.54, 1.807) is 0 Å². The molecule has 1 aromatic rings. The molecular weight excluding hydrogens is 244 g/mol. The molecular formula is C14H22N2O3. The van der Waals surface area contributed by atoms with Crippen LogP contribution in [0.5, 0.6) is 0 Å². The van der Waals surface area contributed by atoms with Crippen molar-refractivity contribution in [3.63, 3.8) is 0 Å². The lowest BCUT2D eigenvalue weighted by Gasteiger charge is -2.23. The van der Waals surface area contributed by atoms with Crippen LogP contribution in [0.25, 0.3) is 0 Å². The molecule has 0 saturated carbocycles. The van der Waals surface area contributed by atoms with Crippen LogP contribution in [0.4, 0.5) is 0 Å². The lowest BCUT2D eigenvalue weighted by atomic mass is 10.0. The lowest BCUT2D eigenvalue weighted by Crippen LogP contribution is -2.49. The van der Waals surface area contributed by atoms with Gasteiger partial charge in [-0.3, -0.25) is 10.1 Å². The Morgan fingerprint density at radius 1 is 1.37 bits per heavy atom. The summed E-state index contributed by atoms with van der Waals surface area (Å²) >= 11 is 0. The summed E-state index contributed by atoms with van der Waals surface area (Å²) in [6, 6.07) is 9.15. The Balaban J connectivity index is 2.61. The van der Waals surface area contributed by atoms with Gasteiger partial charge in [0.2, 0.25) is 5.91 Å². The van der Waals surface area contributed by atoms with Gasteiger partial charge in [-0.2, -0.15) is 0 Å². The molecule has 5 nitrogen and oxygen atoms in total. The fraction of sp³-hybridized carbons (Fsp3) is 0.500. The molecule has 0 aliphatic heterocycles. The van der Waals surface area contributed by atoms with E-state index in [2.05, 4.69) is 5.32 Å². The first-order chi connectivity index (χ1) is 9.00. The zero-order valence-electron chi connectivity index (χ0n) is 11.4. The molecule has 4 N–H and O–H groups in total. The number of carbonyl (C=O) groups is 1. The van der Waals surface area contributed by atoms with E-state index in [9.17, 15) is 9.90 Å². The Morgan fingerprint density at radius 2 is 2.00 bits per heavy atom. The van der Waals surface area contributed by atoms with Crippen molar-refractivity contribution in [2.45, 2.75) is 38.5 Å². The van der Waals surface area contributed by atoms with Crippen LogP contribution in [0, 0.1) is 0 Å². The third-order valence-electron chi connectivity index (χ3n) is 2.73. The SMILES string of the molecule is CC(C)OCN[C@@H](Cc1ccccc1)C(O)C(N)=O. The molecule has 0 fully saturated rings. The van der Waals surface area contributed by atoms with Gasteiger partial charge in [-0.05, 0) is 25.8 Å². The minimum absolute atomic E-state index is 0.0793. The van der Waals surface area contributed by atoms with Crippen molar-refractivity contribution in [2.75, 3.05) is 6.73 Å². The topological polar surface area (TPSA) is 84.6 Å². The number of primary amides is 1. The van der Waals surface area contributed by atoms with E-state index in [0.717, 1.165) is 5.56 Å². The highest BCUT2D eigenvalue weighted by molar-refractivity contribution is 5.79. The minimum atomic E-state index is -1.24. The van der Waals surface area contributed by atoms with Gasteiger partial charge in [0.1, 0.15) is 6.10 Å². The predicted molar refractivity (Wildman–Crippen MR) is 73.4 cm³/mol. The monoisotopic (exact) mass is 266 g/mol. The third kappa shape index (κ3) is 5.83. The van der Waals surface area contributed by atoms with Gasteiger partial charge in [-0.1, -0.05) is 30.3 Å². The predicted octanol–water partition coefficient (Wildman–Crippen LogP) is 0.416. The van der Waals surface area contributed by atoms with Crippen LogP contribution in [-0.4, -0.2) is 36.0 Å². The van der Waals surface area contributed by atoms with E-state index in [4.69, 9.17) is 10.5 Å². The molecule has 0 aromatic heterocycles. The van der Waals surface area contributed by atoms with Gasteiger partial charge in [-0.25, -0.2) is 0 Å². The van der Waals surface area contributed by atoms with Crippen molar-refractivity contribution in [3.05, 3.63) is 35.9 Å². The molecule has 1 aromatic carbocycles. The molecule has 0 saturated heterocycles. The molecule has 0 heterocycles. The van der Waals surface area contributed by atoms with E-state index in [1.165, 1.54) is 0 Å². The molecule has 2 atom stereocenters. The van der Waals surface area contributed by atoms with Gasteiger partial charge in [0.15, 0.2) is 0 Å². The normalized spacial score (nSPS) is 14.3. The van der Waals surface area contributed by atoms with E-state index < -0.39 is 18.1 Å². The largest absolute Gasteiger partial charge is 0.382 e. The second-order valence-corrected chi connectivity index (χ2v) is 4.71. The zero-order valence-corrected chi connectivity index (χ0v) is 11.4. The van der Waals surface area contributed by atoms with Crippen LogP contribution in [0.15, 0.2) is 30.3 Å². The van der Waals surface area contributed by atoms with Crippen LogP contribution in [-0.2, 0) is 16.0 Å². The van der Waals surface area contributed by atoms with Crippen LogP contribution >= 0.6 is 0 Å². The Hall–Kier alpha value is -1.43. The number of ether oxygens (including phenoxy) is 1. The fourth-order valence-electron chi connectivity index (χ4n) is 1.68. The summed E-state index contributed by atoms with van der Waals surface area (Å²) in [4.78, 5) is 11.1. The van der Waals surface area contributed by atoms with Crippen molar-refractivity contribution < 1.29 is 14.6 Å². The molecule has 0 aliphatic carbocycles. The van der Waals surface area contributed by atoms with Crippen LogP contribution in [0.1, 0.15) is 19.4 Å². The number of rotatable bonds is 8. The van der Waals surface area contributed by atoms with Crippen molar-refractivity contribution >= 4 is 5.91 Å². The number of benzene rings is 1. The Kier molecular flexibility index (Phi) is 6.49. The minimum Gasteiger partial charge on any atom is -0.382 e. The van der Waals surface area contributed by atoms with Crippen molar-refractivity contribution in [2.24, 2.45) is 5.73 Å². The number of aliphatic hydroxyl groups is 1. The van der Waals surface area contributed by atoms with Gasteiger partial charge in [-0.15, -0.1) is 0 Å². The average Bonchev–Trinajstić information content (AvgIpc) is 2.37. The maximum absolute atomic E-state index is 11.1. The zero-order chi connectivity index (χ0) is 14.3. The molecule has 0 radical (unpaired) electrons. The van der Waals surface area contributed by atoms with Gasteiger partial charge >= 0.3 is 0 Å². The first-order valence-corrected chi connectivity index (χ1v) is 6.37. The van der Waals surface area contributed by atoms with E-state index in [1.807, 2.05) is 44.2 Å². The van der Waals surface area contributed by atoms with Gasteiger partial charge < -0.3 is 15.6 Å². The summed E-state index contributed by atoms with van der Waals surface area (Å²) in [7, 11) is 0. The Morgan fingerprint density at radius 3 is 2.53 bits per heavy atom. The maximum Gasteiger partial charge on any atom is 0.247 e. The van der Waals surface area contributed by atoms with Gasteiger partial charge in [0, 0.05) is 6.04 Å². The molecule has 1 unspecified atom stereocenters. The average molecular weight is 266 g/mol. The highest BCUT2D eigenvalue weighted by atomic mass is 16.5. The first-order valence-electron chi connectivity index (χ1n) is 6.37. The van der Waals surface area contributed by atoms with Crippen LogP contribution in [0.3, 0.4) is 0 Å². The van der Waals surface area contributed by atoms with Crippen molar-refractivity contribution in [1.29, 1.82) is 0 Å². The molecule has 5 heteroatoms. The summed E-state index contributed by atoms with van der Waals surface area (Å²) in [6.45, 7) is 4.09. The molecule has 106 valence electrons. The highest BCUT2D eigenvalue weighted by Crippen LogP contribution is 2.06. The number of hydrogen-bond donors (Lipinski definition) is 3. The number of nitrogens with one attached hydrogen (secondary N) is 1. The molecule has 1 amide bonds. The molecule has 0 bridgehead atoms. The van der Waals surface area contributed by atoms with Crippen LogP contribution in [0.2, 0.25) is 0 Å². The van der Waals surface area contributed by atoms with E-state index in [-0.39, 0.29) is 12.8 Å². The Labute approximate surface area is 113 Å². The maximum atomic E-state index is 11.1. The molecule has 0 spiro atoms. The highest BCUT2D eigenvalue weighted by Gasteiger charge is 2.23. The first kappa shape index (κ1) is 15.6. The molecule has 19 heavy (non-hydrogen) atoms. The fourth-order valence-corrected chi connectivity index (χ4v) is 1.68. The van der Waals surface area contributed by atoms with Crippen molar-refractivity contribution in [1.82, 2.24) is 5.32 Å². The smallest absolute Gasteiger partial charge is 0.247 e. The molecule has 1 rings (SSSR count). The number of nitrogens with two attached hydrogens (primary N) is 1. The van der Waals surface area contributed by atoms with Gasteiger partial charge in [0.05, 0.1) is 12.8 Å². The summed E-state index contributed by atoms with van der Waals surface area (Å²) in [6.07, 6.45) is -0.654. The second-order valence-electron chi connectivity index (χ2n) is 4.71. The number of carbonyl (C=O) groups excluding carboxylic acids is 1. The lowest BCUT2D eigenvalue weighted by molar-refractivity contribution is -0.127. The summed E-state index contributed by atoms with van der Waals surface area (Å²) in [5.41, 5.74) is 6.17. The standard InChI is InChI=1S/C14H22N2O3/c1-10(2)19-9-16-12(13(17)14(15)18)8-11-6-4-3-5-7-11/h3-7,10,12-13,16-17H,8-9H2,1-2H3,(H2,15,18)/t12-,13?/m0/s1. The summed E-state index contributed by atoms with van der Waals surface area (Å²) < 4.78 is 5.37. The van der Waals surface area contributed by atoms with Crippen LogP contribution < -0.4 is 11.1 Å². The Bertz CT molecular complexity index is 382. The summed E-state index contributed by atoms with van der Waals surface area (Å²) in [5.74, 6) is -0.738. The number of hydrogen-bond acceptors (Lipinski definition) is 4. The quantitative estimate of drug-likeness (QED) is 0.595. The number of aliphatic hydroxyl groups excluding tert-OH is 1. The van der Waals surface area contributed by atoms with E-state index >= 15 is 0 Å².